The van der Waals surface area contributed by atoms with Crippen molar-refractivity contribution in [2.45, 2.75) is 106 Å². The van der Waals surface area contributed by atoms with E-state index in [0.29, 0.717) is 0 Å². The molecule has 0 saturated carbocycles. The number of aliphatic hydroxyl groups is 9. The number of amides is 2. The Morgan fingerprint density at radius 2 is 1.07 bits per heavy atom. The summed E-state index contributed by atoms with van der Waals surface area (Å²) in [6.07, 6.45) is -21.1. The average Bonchev–Trinajstić information content (AvgIpc) is 2.90. The second-order valence-electron chi connectivity index (χ2n) is 9.81. The summed E-state index contributed by atoms with van der Waals surface area (Å²) < 4.78 is 27.5. The van der Waals surface area contributed by atoms with Crippen LogP contribution in [-0.2, 0) is 33.3 Å². The molecule has 0 aliphatic carbocycles. The van der Waals surface area contributed by atoms with E-state index >= 15 is 0 Å². The zero-order valence-electron chi connectivity index (χ0n) is 21.7. The average molecular weight is 587 g/mol. The number of aliphatic hydroxyl groups excluding tert-OH is 9. The first-order valence-corrected chi connectivity index (χ1v) is 12.6. The summed E-state index contributed by atoms with van der Waals surface area (Å²) >= 11 is 0. The van der Waals surface area contributed by atoms with Crippen LogP contribution in [0, 0.1) is 0 Å². The number of hydrogen-bond acceptors (Lipinski definition) is 16. The van der Waals surface area contributed by atoms with Gasteiger partial charge in [0.25, 0.3) is 0 Å². The standard InChI is InChI=1S/C22H38N2O16/c1-6(28)23-11-15(32)18(9(4-26)36-20(11)35)40-22-17(34)16(33)19(10(5-27)38-22)39-21-12(24-7(2)29)14(31)13(30)8(3-25)37-21/h8-22,25-27,30-35H,3-5H2,1-2H3,(H,23,28)(H,24,29)/t8-,9-,10-,11-,12-,13+,14-,15-,16-,17-,18-,19+,20+,21+,22+/m1/s1. The van der Waals surface area contributed by atoms with Crippen molar-refractivity contribution in [2.75, 3.05) is 19.8 Å². The maximum Gasteiger partial charge on any atom is 0.217 e. The van der Waals surface area contributed by atoms with E-state index in [4.69, 9.17) is 23.7 Å². The van der Waals surface area contributed by atoms with Crippen LogP contribution in [0.25, 0.3) is 0 Å². The molecule has 0 spiro atoms. The van der Waals surface area contributed by atoms with Gasteiger partial charge in [0.2, 0.25) is 11.8 Å². The molecule has 0 aromatic rings. The van der Waals surface area contributed by atoms with Crippen LogP contribution in [-0.4, -0.2) is 170 Å². The van der Waals surface area contributed by atoms with Gasteiger partial charge >= 0.3 is 0 Å². The van der Waals surface area contributed by atoms with Gasteiger partial charge in [0.05, 0.1) is 19.8 Å². The lowest BCUT2D eigenvalue weighted by Crippen LogP contribution is -2.69. The summed E-state index contributed by atoms with van der Waals surface area (Å²) in [6, 6.07) is -2.79. The van der Waals surface area contributed by atoms with E-state index in [0.717, 1.165) is 13.8 Å². The van der Waals surface area contributed by atoms with Gasteiger partial charge in [-0.1, -0.05) is 0 Å². The molecule has 3 rings (SSSR count). The summed E-state index contributed by atoms with van der Waals surface area (Å²) in [6.45, 7) is -0.106. The Hall–Kier alpha value is -1.62. The van der Waals surface area contributed by atoms with Gasteiger partial charge in [0.1, 0.15) is 73.1 Å². The molecular weight excluding hydrogens is 548 g/mol. The minimum Gasteiger partial charge on any atom is -0.394 e. The highest BCUT2D eigenvalue weighted by Crippen LogP contribution is 2.32. The van der Waals surface area contributed by atoms with Crippen LogP contribution in [0.2, 0.25) is 0 Å². The van der Waals surface area contributed by atoms with Crippen LogP contribution < -0.4 is 10.6 Å². The molecule has 3 aliphatic rings. The lowest BCUT2D eigenvalue weighted by molar-refractivity contribution is -0.366. The molecule has 15 atom stereocenters. The molecule has 40 heavy (non-hydrogen) atoms. The molecule has 3 saturated heterocycles. The van der Waals surface area contributed by atoms with E-state index in [1.807, 2.05) is 0 Å². The third-order valence-electron chi connectivity index (χ3n) is 6.90. The maximum atomic E-state index is 11.7. The van der Waals surface area contributed by atoms with Crippen molar-refractivity contribution >= 4 is 11.8 Å². The number of nitrogens with one attached hydrogen (secondary N) is 2. The third-order valence-corrected chi connectivity index (χ3v) is 6.90. The van der Waals surface area contributed by atoms with Gasteiger partial charge in [-0.15, -0.1) is 0 Å². The lowest BCUT2D eigenvalue weighted by atomic mass is 9.94. The molecule has 2 amide bonds. The van der Waals surface area contributed by atoms with E-state index < -0.39 is 124 Å². The van der Waals surface area contributed by atoms with Crippen LogP contribution in [0.1, 0.15) is 13.8 Å². The van der Waals surface area contributed by atoms with Crippen LogP contribution in [0.4, 0.5) is 0 Å². The molecule has 3 fully saturated rings. The molecule has 0 aromatic carbocycles. The summed E-state index contributed by atoms with van der Waals surface area (Å²) in [5.74, 6) is -1.26. The van der Waals surface area contributed by atoms with Crippen LogP contribution >= 0.6 is 0 Å². The van der Waals surface area contributed by atoms with Gasteiger partial charge in [-0.05, 0) is 0 Å². The molecular formula is C22H38N2O16. The zero-order valence-corrected chi connectivity index (χ0v) is 21.7. The summed E-state index contributed by atoms with van der Waals surface area (Å²) in [5.41, 5.74) is 0. The van der Waals surface area contributed by atoms with Crippen molar-refractivity contribution in [3.05, 3.63) is 0 Å². The Bertz CT molecular complexity index is 852. The Morgan fingerprint density at radius 3 is 1.62 bits per heavy atom. The predicted molar refractivity (Wildman–Crippen MR) is 124 cm³/mol. The fourth-order valence-electron chi connectivity index (χ4n) is 4.87. The van der Waals surface area contributed by atoms with Gasteiger partial charge in [-0.3, -0.25) is 9.59 Å². The van der Waals surface area contributed by atoms with Crippen molar-refractivity contribution in [3.63, 3.8) is 0 Å². The van der Waals surface area contributed by atoms with Crippen molar-refractivity contribution in [3.8, 4) is 0 Å². The molecule has 3 aliphatic heterocycles. The summed E-state index contributed by atoms with van der Waals surface area (Å²) in [4.78, 5) is 23.2. The summed E-state index contributed by atoms with van der Waals surface area (Å²) in [5, 5.41) is 96.9. The van der Waals surface area contributed by atoms with Crippen LogP contribution in [0.3, 0.4) is 0 Å². The van der Waals surface area contributed by atoms with Gasteiger partial charge in [-0.25, -0.2) is 0 Å². The highest BCUT2D eigenvalue weighted by atomic mass is 16.7. The van der Waals surface area contributed by atoms with Crippen LogP contribution in [0.15, 0.2) is 0 Å². The lowest BCUT2D eigenvalue weighted by Gasteiger charge is -2.48. The van der Waals surface area contributed by atoms with Crippen molar-refractivity contribution in [1.82, 2.24) is 10.6 Å². The number of carbonyl (C=O) groups is 2. The smallest absolute Gasteiger partial charge is 0.217 e. The molecule has 3 heterocycles. The Morgan fingerprint density at radius 1 is 0.600 bits per heavy atom. The molecule has 0 unspecified atom stereocenters. The van der Waals surface area contributed by atoms with Gasteiger partial charge in [0, 0.05) is 13.8 Å². The molecule has 0 aromatic heterocycles. The fraction of sp³-hybridized carbons (Fsp3) is 0.909. The minimum absolute atomic E-state index is 0.624. The third kappa shape index (κ3) is 7.05. The van der Waals surface area contributed by atoms with Crippen molar-refractivity contribution in [2.24, 2.45) is 0 Å². The van der Waals surface area contributed by atoms with Gasteiger partial charge in [0.15, 0.2) is 18.9 Å². The van der Waals surface area contributed by atoms with E-state index in [9.17, 15) is 55.5 Å². The molecule has 11 N–H and O–H groups in total. The van der Waals surface area contributed by atoms with Crippen molar-refractivity contribution in [1.29, 1.82) is 0 Å². The number of ether oxygens (including phenoxy) is 5. The molecule has 18 nitrogen and oxygen atoms in total. The Balaban J connectivity index is 1.78. The Kier molecular flexibility index (Phi) is 11.5. The van der Waals surface area contributed by atoms with Crippen LogP contribution in [0.5, 0.6) is 0 Å². The second kappa shape index (κ2) is 14.0. The first-order chi connectivity index (χ1) is 18.8. The zero-order chi connectivity index (χ0) is 29.9. The predicted octanol–water partition coefficient (Wildman–Crippen LogP) is -7.29. The van der Waals surface area contributed by atoms with Crippen molar-refractivity contribution < 1.29 is 79.2 Å². The first kappa shape index (κ1) is 32.9. The number of carbonyl (C=O) groups excluding carboxylic acids is 2. The largest absolute Gasteiger partial charge is 0.394 e. The maximum absolute atomic E-state index is 11.7. The van der Waals surface area contributed by atoms with E-state index in [1.54, 1.807) is 0 Å². The molecule has 0 bridgehead atoms. The van der Waals surface area contributed by atoms with E-state index in [1.165, 1.54) is 0 Å². The monoisotopic (exact) mass is 586 g/mol. The Labute approximate surface area is 228 Å². The van der Waals surface area contributed by atoms with E-state index in [2.05, 4.69) is 10.6 Å². The summed E-state index contributed by atoms with van der Waals surface area (Å²) in [7, 11) is 0. The van der Waals surface area contributed by atoms with Gasteiger partial charge < -0.3 is 80.3 Å². The first-order valence-electron chi connectivity index (χ1n) is 12.6. The number of rotatable bonds is 9. The fourth-order valence-corrected chi connectivity index (χ4v) is 4.87. The molecule has 18 heteroatoms. The minimum atomic E-state index is -1.93. The quantitative estimate of drug-likeness (QED) is 0.120. The number of hydrogen-bond donors (Lipinski definition) is 11. The molecule has 232 valence electrons. The highest BCUT2D eigenvalue weighted by molar-refractivity contribution is 5.73. The normalized spacial score (nSPS) is 46.0. The van der Waals surface area contributed by atoms with E-state index in [-0.39, 0.29) is 0 Å². The highest BCUT2D eigenvalue weighted by Gasteiger charge is 2.53. The topological polar surface area (TPSA) is 286 Å². The molecule has 0 radical (unpaired) electrons. The second-order valence-corrected chi connectivity index (χ2v) is 9.81. The van der Waals surface area contributed by atoms with Gasteiger partial charge in [-0.2, -0.15) is 0 Å². The SMILES string of the molecule is CC(=O)N[C@@H]1[C@@H](O)[C@H](O[C@@H]2O[C@H](CO)[C@H](O[C@@H]3O[C@H](CO)[C@H](O)[C@H](O)[C@H]3NC(C)=O)[C@H](O)[C@H]2O)[C@@H](CO)O[C@@H]1O.